The van der Waals surface area contributed by atoms with Gasteiger partial charge in [-0.2, -0.15) is 0 Å². The molecule has 0 heterocycles. The van der Waals surface area contributed by atoms with E-state index in [9.17, 15) is 0 Å². The fraction of sp³-hybridized carbons (Fsp3) is 0.571. The second-order valence-corrected chi connectivity index (χ2v) is 4.80. The number of ether oxygens (including phenoxy) is 2. The van der Waals surface area contributed by atoms with Crippen LogP contribution in [0.2, 0.25) is 0 Å². The first-order valence-electron chi connectivity index (χ1n) is 6.22. The summed E-state index contributed by atoms with van der Waals surface area (Å²) >= 11 is 0. The fourth-order valence-electron chi connectivity index (χ4n) is 2.33. The van der Waals surface area contributed by atoms with Crippen LogP contribution in [0.3, 0.4) is 0 Å². The molecule has 1 saturated carbocycles. The molecule has 94 valence electrons. The highest BCUT2D eigenvalue weighted by molar-refractivity contribution is 5.33. The van der Waals surface area contributed by atoms with Gasteiger partial charge in [-0.3, -0.25) is 0 Å². The maximum Gasteiger partial charge on any atom is 0.128 e. The standard InChI is InChI=1S/C14H21NO2/c1-4-16-14-12(15)8-13(14)17-11-6-9(2)5-10(3)7-11/h5-7,12-14H,4,8,15H2,1-3H3. The van der Waals surface area contributed by atoms with Crippen LogP contribution in [0.1, 0.15) is 24.5 Å². The third-order valence-corrected chi connectivity index (χ3v) is 3.13. The van der Waals surface area contributed by atoms with Gasteiger partial charge in [0.25, 0.3) is 0 Å². The van der Waals surface area contributed by atoms with Crippen LogP contribution >= 0.6 is 0 Å². The third kappa shape index (κ3) is 2.79. The zero-order valence-electron chi connectivity index (χ0n) is 10.8. The molecular formula is C14H21NO2. The maximum absolute atomic E-state index is 5.94. The Labute approximate surface area is 103 Å². The number of benzene rings is 1. The minimum absolute atomic E-state index is 0.0424. The van der Waals surface area contributed by atoms with Gasteiger partial charge >= 0.3 is 0 Å². The van der Waals surface area contributed by atoms with Crippen LogP contribution in [-0.4, -0.2) is 24.9 Å². The maximum atomic E-state index is 5.94. The fourth-order valence-corrected chi connectivity index (χ4v) is 2.33. The van der Waals surface area contributed by atoms with Gasteiger partial charge in [0.1, 0.15) is 18.0 Å². The highest BCUT2D eigenvalue weighted by Gasteiger charge is 2.41. The van der Waals surface area contributed by atoms with Crippen LogP contribution in [-0.2, 0) is 4.74 Å². The predicted octanol–water partition coefficient (Wildman–Crippen LogP) is 2.19. The molecule has 0 bridgehead atoms. The van der Waals surface area contributed by atoms with Crippen molar-refractivity contribution in [3.8, 4) is 5.75 Å². The Kier molecular flexibility index (Phi) is 3.69. The van der Waals surface area contributed by atoms with Gasteiger partial charge in [0.15, 0.2) is 0 Å². The van der Waals surface area contributed by atoms with Crippen LogP contribution in [0, 0.1) is 13.8 Å². The first kappa shape index (κ1) is 12.4. The Morgan fingerprint density at radius 3 is 2.41 bits per heavy atom. The lowest BCUT2D eigenvalue weighted by atomic mass is 9.86. The van der Waals surface area contributed by atoms with E-state index in [4.69, 9.17) is 15.2 Å². The van der Waals surface area contributed by atoms with E-state index >= 15 is 0 Å². The van der Waals surface area contributed by atoms with Crippen molar-refractivity contribution in [2.75, 3.05) is 6.61 Å². The van der Waals surface area contributed by atoms with Crippen LogP contribution in [0.5, 0.6) is 5.75 Å². The highest BCUT2D eigenvalue weighted by Crippen LogP contribution is 2.28. The van der Waals surface area contributed by atoms with Gasteiger partial charge in [-0.05, 0) is 44.0 Å². The molecule has 3 atom stereocenters. The van der Waals surface area contributed by atoms with Crippen molar-refractivity contribution in [3.63, 3.8) is 0 Å². The molecule has 1 aromatic carbocycles. The predicted molar refractivity (Wildman–Crippen MR) is 68.3 cm³/mol. The molecule has 0 spiro atoms. The van der Waals surface area contributed by atoms with Gasteiger partial charge in [0, 0.05) is 19.1 Å². The topological polar surface area (TPSA) is 44.5 Å². The van der Waals surface area contributed by atoms with Crippen LogP contribution in [0.25, 0.3) is 0 Å². The lowest BCUT2D eigenvalue weighted by Gasteiger charge is -2.41. The Morgan fingerprint density at radius 2 is 1.88 bits per heavy atom. The summed E-state index contributed by atoms with van der Waals surface area (Å²) in [5.74, 6) is 0.920. The van der Waals surface area contributed by atoms with E-state index < -0.39 is 0 Å². The molecule has 1 fully saturated rings. The van der Waals surface area contributed by atoms with Crippen molar-refractivity contribution in [1.82, 2.24) is 0 Å². The van der Waals surface area contributed by atoms with Crippen molar-refractivity contribution >= 4 is 0 Å². The molecule has 0 amide bonds. The smallest absolute Gasteiger partial charge is 0.128 e. The van der Waals surface area contributed by atoms with Crippen LogP contribution in [0.4, 0.5) is 0 Å². The van der Waals surface area contributed by atoms with Gasteiger partial charge < -0.3 is 15.2 Å². The normalized spacial score (nSPS) is 27.6. The summed E-state index contributed by atoms with van der Waals surface area (Å²) in [7, 11) is 0. The molecule has 17 heavy (non-hydrogen) atoms. The molecule has 3 heteroatoms. The van der Waals surface area contributed by atoms with E-state index in [1.807, 2.05) is 6.92 Å². The molecule has 2 N–H and O–H groups in total. The second-order valence-electron chi connectivity index (χ2n) is 4.80. The minimum Gasteiger partial charge on any atom is -0.488 e. The number of aryl methyl sites for hydroxylation is 2. The summed E-state index contributed by atoms with van der Waals surface area (Å²) in [4.78, 5) is 0. The molecule has 2 rings (SSSR count). The molecule has 1 aromatic rings. The summed E-state index contributed by atoms with van der Waals surface area (Å²) in [5, 5.41) is 0. The summed E-state index contributed by atoms with van der Waals surface area (Å²) in [5.41, 5.74) is 8.35. The zero-order chi connectivity index (χ0) is 12.4. The number of rotatable bonds is 4. The summed E-state index contributed by atoms with van der Waals surface area (Å²) in [6, 6.07) is 6.37. The van der Waals surface area contributed by atoms with E-state index in [-0.39, 0.29) is 18.2 Å². The SMILES string of the molecule is CCOC1C(N)CC1Oc1cc(C)cc(C)c1. The minimum atomic E-state index is 0.0424. The van der Waals surface area contributed by atoms with Crippen molar-refractivity contribution in [1.29, 1.82) is 0 Å². The quantitative estimate of drug-likeness (QED) is 0.870. The number of hydrogen-bond donors (Lipinski definition) is 1. The zero-order valence-corrected chi connectivity index (χ0v) is 10.8. The monoisotopic (exact) mass is 235 g/mol. The van der Waals surface area contributed by atoms with Crippen LogP contribution < -0.4 is 10.5 Å². The molecule has 3 nitrogen and oxygen atoms in total. The van der Waals surface area contributed by atoms with Crippen molar-refractivity contribution < 1.29 is 9.47 Å². The summed E-state index contributed by atoms with van der Waals surface area (Å²) in [6.45, 7) is 6.82. The van der Waals surface area contributed by atoms with Gasteiger partial charge in [0.2, 0.25) is 0 Å². The first-order chi connectivity index (χ1) is 8.10. The summed E-state index contributed by atoms with van der Waals surface area (Å²) < 4.78 is 11.5. The molecule has 0 radical (unpaired) electrons. The van der Waals surface area contributed by atoms with Gasteiger partial charge in [-0.1, -0.05) is 6.07 Å². The van der Waals surface area contributed by atoms with Gasteiger partial charge in [-0.15, -0.1) is 0 Å². The molecule has 0 saturated heterocycles. The number of hydrogen-bond acceptors (Lipinski definition) is 3. The second kappa shape index (κ2) is 5.07. The lowest BCUT2D eigenvalue weighted by molar-refractivity contribution is -0.0945. The van der Waals surface area contributed by atoms with Crippen LogP contribution in [0.15, 0.2) is 18.2 Å². The largest absolute Gasteiger partial charge is 0.488 e. The molecule has 3 unspecified atom stereocenters. The van der Waals surface area contributed by atoms with E-state index in [2.05, 4.69) is 32.0 Å². The molecular weight excluding hydrogens is 214 g/mol. The highest BCUT2D eigenvalue weighted by atomic mass is 16.5. The van der Waals surface area contributed by atoms with Gasteiger partial charge in [0.05, 0.1) is 0 Å². The Balaban J connectivity index is 2.01. The summed E-state index contributed by atoms with van der Waals surface area (Å²) in [6.07, 6.45) is 1.02. The van der Waals surface area contributed by atoms with Crippen molar-refractivity contribution in [3.05, 3.63) is 29.3 Å². The molecule has 1 aliphatic carbocycles. The van der Waals surface area contributed by atoms with E-state index in [1.165, 1.54) is 11.1 Å². The van der Waals surface area contributed by atoms with Gasteiger partial charge in [-0.25, -0.2) is 0 Å². The van der Waals surface area contributed by atoms with E-state index in [0.29, 0.717) is 6.61 Å². The average Bonchev–Trinajstić information content (AvgIpc) is 2.24. The van der Waals surface area contributed by atoms with Crippen molar-refractivity contribution in [2.45, 2.75) is 45.4 Å². The Bertz CT molecular complexity index is 372. The van der Waals surface area contributed by atoms with E-state index in [1.54, 1.807) is 0 Å². The Hall–Kier alpha value is -1.06. The van der Waals surface area contributed by atoms with E-state index in [0.717, 1.165) is 12.2 Å². The molecule has 0 aromatic heterocycles. The molecule has 0 aliphatic heterocycles. The van der Waals surface area contributed by atoms with Crippen molar-refractivity contribution in [2.24, 2.45) is 5.73 Å². The third-order valence-electron chi connectivity index (χ3n) is 3.13. The average molecular weight is 235 g/mol. The Morgan fingerprint density at radius 1 is 1.24 bits per heavy atom. The lowest BCUT2D eigenvalue weighted by Crippen LogP contribution is -2.59. The number of nitrogens with two attached hydrogens (primary N) is 1. The molecule has 1 aliphatic rings. The first-order valence-corrected chi connectivity index (χ1v) is 6.22.